The summed E-state index contributed by atoms with van der Waals surface area (Å²) in [5.41, 5.74) is 3.05. The maximum absolute atomic E-state index is 12.9. The van der Waals surface area contributed by atoms with Gasteiger partial charge in [-0.1, -0.05) is 36.2 Å². The van der Waals surface area contributed by atoms with Gasteiger partial charge in [0.05, 0.1) is 17.7 Å². The highest BCUT2D eigenvalue weighted by atomic mass is 35.5. The number of hydrogen-bond acceptors (Lipinski definition) is 4. The highest BCUT2D eigenvalue weighted by Gasteiger charge is 2.36. The minimum absolute atomic E-state index is 0. The minimum atomic E-state index is -0.347. The number of nitrogens with one attached hydrogen (secondary N) is 1. The van der Waals surface area contributed by atoms with Gasteiger partial charge in [-0.05, 0) is 63.4 Å². The van der Waals surface area contributed by atoms with E-state index in [9.17, 15) is 14.4 Å². The number of nitrogens with zero attached hydrogens (tertiary/aromatic N) is 2. The molecule has 2 heterocycles. The van der Waals surface area contributed by atoms with Crippen LogP contribution in [0.15, 0.2) is 42.5 Å². The molecule has 1 saturated heterocycles. The number of amides is 3. The summed E-state index contributed by atoms with van der Waals surface area (Å²) in [5, 5.41) is 2.95. The molecule has 176 valence electrons. The Bertz CT molecular complexity index is 1040. The second-order valence-electron chi connectivity index (χ2n) is 8.94. The van der Waals surface area contributed by atoms with E-state index in [0.29, 0.717) is 29.3 Å². The van der Waals surface area contributed by atoms with Crippen molar-refractivity contribution in [1.29, 1.82) is 0 Å². The van der Waals surface area contributed by atoms with Crippen molar-refractivity contribution >= 4 is 30.1 Å². The molecule has 7 heteroatoms. The Kier molecular flexibility index (Phi) is 8.27. The number of rotatable bonds is 7. The number of likely N-dealkylation sites (tertiary alicyclic amines) is 1. The topological polar surface area (TPSA) is 69.7 Å². The van der Waals surface area contributed by atoms with E-state index >= 15 is 0 Å². The van der Waals surface area contributed by atoms with Crippen molar-refractivity contribution in [2.45, 2.75) is 52.1 Å². The highest BCUT2D eigenvalue weighted by Crippen LogP contribution is 2.26. The highest BCUT2D eigenvalue weighted by molar-refractivity contribution is 6.22. The predicted octanol–water partition coefficient (Wildman–Crippen LogP) is 4.21. The molecular formula is C26H32ClN3O3. The van der Waals surface area contributed by atoms with Gasteiger partial charge >= 0.3 is 0 Å². The summed E-state index contributed by atoms with van der Waals surface area (Å²) >= 11 is 0. The van der Waals surface area contributed by atoms with E-state index < -0.39 is 0 Å². The van der Waals surface area contributed by atoms with E-state index in [1.807, 2.05) is 31.2 Å². The zero-order chi connectivity index (χ0) is 22.7. The first-order valence-corrected chi connectivity index (χ1v) is 11.5. The molecule has 0 spiro atoms. The van der Waals surface area contributed by atoms with Crippen LogP contribution in [-0.4, -0.2) is 53.2 Å². The van der Waals surface area contributed by atoms with Gasteiger partial charge in [0.2, 0.25) is 0 Å². The van der Waals surface area contributed by atoms with Crippen molar-refractivity contribution in [1.82, 2.24) is 15.1 Å². The zero-order valence-electron chi connectivity index (χ0n) is 19.3. The van der Waals surface area contributed by atoms with Crippen LogP contribution in [0.3, 0.4) is 0 Å². The summed E-state index contributed by atoms with van der Waals surface area (Å²) in [6.45, 7) is 7.17. The number of aryl methyl sites for hydroxylation is 1. The number of halogens is 1. The van der Waals surface area contributed by atoms with E-state index in [4.69, 9.17) is 0 Å². The molecule has 0 aromatic heterocycles. The Hall–Kier alpha value is -2.70. The fourth-order valence-electron chi connectivity index (χ4n) is 4.64. The monoisotopic (exact) mass is 469 g/mol. The van der Waals surface area contributed by atoms with Crippen LogP contribution >= 0.6 is 12.4 Å². The fraction of sp³-hybridized carbons (Fsp3) is 0.423. The second-order valence-corrected chi connectivity index (χ2v) is 8.94. The summed E-state index contributed by atoms with van der Waals surface area (Å²) in [4.78, 5) is 42.0. The maximum atomic E-state index is 12.9. The van der Waals surface area contributed by atoms with Gasteiger partial charge in [-0.15, -0.1) is 12.4 Å². The van der Waals surface area contributed by atoms with Crippen LogP contribution in [0.2, 0.25) is 0 Å². The normalized spacial score (nSPS) is 18.1. The lowest BCUT2D eigenvalue weighted by Crippen LogP contribution is -2.39. The molecule has 0 saturated carbocycles. The molecule has 0 aliphatic carbocycles. The lowest BCUT2D eigenvalue weighted by molar-refractivity contribution is 0.0642. The van der Waals surface area contributed by atoms with Crippen LogP contribution in [0.5, 0.6) is 0 Å². The minimum Gasteiger partial charge on any atom is -0.352 e. The van der Waals surface area contributed by atoms with E-state index in [-0.39, 0.29) is 36.7 Å². The molecule has 3 amide bonds. The summed E-state index contributed by atoms with van der Waals surface area (Å²) in [7, 11) is 0. The third-order valence-electron chi connectivity index (χ3n) is 6.50. The van der Waals surface area contributed by atoms with Crippen molar-refractivity contribution in [3.05, 3.63) is 70.3 Å². The lowest BCUT2D eigenvalue weighted by Gasteiger charge is -2.33. The van der Waals surface area contributed by atoms with E-state index in [1.165, 1.54) is 24.2 Å². The standard InChI is InChI=1S/C26H31N3O3.ClH/c1-18-7-5-9-20(15-18)17-29-25(31)22-11-10-21(16-23(22)26(29)32)24(30)27-12-6-14-28-13-4-3-8-19(28)2;/h5,7,9-11,15-16,19H,3-4,6,8,12-14,17H2,1-2H3,(H,27,30);1H. The Balaban J connectivity index is 0.00000306. The number of hydrogen-bond donors (Lipinski definition) is 1. The second kappa shape index (κ2) is 10.9. The Morgan fingerprint density at radius 2 is 1.85 bits per heavy atom. The Morgan fingerprint density at radius 1 is 1.06 bits per heavy atom. The van der Waals surface area contributed by atoms with Gasteiger partial charge in [0.1, 0.15) is 0 Å². The number of piperidine rings is 1. The molecule has 1 unspecified atom stereocenters. The molecule has 2 aromatic rings. The molecule has 1 atom stereocenters. The van der Waals surface area contributed by atoms with Crippen molar-refractivity contribution in [2.75, 3.05) is 19.6 Å². The molecule has 0 radical (unpaired) electrons. The van der Waals surface area contributed by atoms with Crippen LogP contribution in [0.4, 0.5) is 0 Å². The van der Waals surface area contributed by atoms with E-state index in [1.54, 1.807) is 18.2 Å². The average Bonchev–Trinajstić information content (AvgIpc) is 3.02. The smallest absolute Gasteiger partial charge is 0.261 e. The Labute approximate surface area is 201 Å². The molecular weight excluding hydrogens is 438 g/mol. The predicted molar refractivity (Wildman–Crippen MR) is 131 cm³/mol. The number of carbonyl (C=O) groups is 3. The summed E-state index contributed by atoms with van der Waals surface area (Å²) in [6.07, 6.45) is 4.69. The number of imide groups is 1. The first kappa shape index (κ1) is 24.9. The summed E-state index contributed by atoms with van der Waals surface area (Å²) < 4.78 is 0. The van der Waals surface area contributed by atoms with Crippen molar-refractivity contribution in [3.63, 3.8) is 0 Å². The van der Waals surface area contributed by atoms with Gasteiger partial charge in [-0.25, -0.2) is 0 Å². The zero-order valence-corrected chi connectivity index (χ0v) is 20.1. The van der Waals surface area contributed by atoms with Gasteiger partial charge in [0.15, 0.2) is 0 Å². The van der Waals surface area contributed by atoms with E-state index in [0.717, 1.165) is 30.6 Å². The molecule has 4 rings (SSSR count). The van der Waals surface area contributed by atoms with E-state index in [2.05, 4.69) is 17.1 Å². The molecule has 2 aliphatic rings. The van der Waals surface area contributed by atoms with Crippen molar-refractivity contribution in [3.8, 4) is 0 Å². The third-order valence-corrected chi connectivity index (χ3v) is 6.50. The number of carbonyl (C=O) groups excluding carboxylic acids is 3. The van der Waals surface area contributed by atoms with Gasteiger partial charge in [0, 0.05) is 24.7 Å². The molecule has 1 fully saturated rings. The largest absolute Gasteiger partial charge is 0.352 e. The molecule has 6 nitrogen and oxygen atoms in total. The first-order chi connectivity index (χ1) is 15.4. The van der Waals surface area contributed by atoms with Gasteiger partial charge < -0.3 is 10.2 Å². The van der Waals surface area contributed by atoms with Crippen LogP contribution in [0.1, 0.15) is 74.8 Å². The molecule has 2 aliphatic heterocycles. The fourth-order valence-corrected chi connectivity index (χ4v) is 4.64. The summed E-state index contributed by atoms with van der Waals surface area (Å²) in [5.74, 6) is -0.869. The van der Waals surface area contributed by atoms with Crippen LogP contribution in [0.25, 0.3) is 0 Å². The molecule has 1 N–H and O–H groups in total. The van der Waals surface area contributed by atoms with Gasteiger partial charge in [-0.3, -0.25) is 19.3 Å². The SMILES string of the molecule is Cc1cccc(CN2C(=O)c3ccc(C(=O)NCCCN4CCCCC4C)cc3C2=O)c1.Cl. The molecule has 33 heavy (non-hydrogen) atoms. The summed E-state index contributed by atoms with van der Waals surface area (Å²) in [6, 6.07) is 13.1. The van der Waals surface area contributed by atoms with Crippen LogP contribution < -0.4 is 5.32 Å². The number of fused-ring (bicyclic) bond motifs is 1. The quantitative estimate of drug-likeness (QED) is 0.487. The van der Waals surface area contributed by atoms with Crippen molar-refractivity contribution in [2.24, 2.45) is 0 Å². The van der Waals surface area contributed by atoms with Crippen LogP contribution in [0, 0.1) is 6.92 Å². The van der Waals surface area contributed by atoms with Crippen molar-refractivity contribution < 1.29 is 14.4 Å². The van der Waals surface area contributed by atoms with Gasteiger partial charge in [0.25, 0.3) is 17.7 Å². The maximum Gasteiger partial charge on any atom is 0.261 e. The Morgan fingerprint density at radius 3 is 2.61 bits per heavy atom. The van der Waals surface area contributed by atoms with Gasteiger partial charge in [-0.2, -0.15) is 0 Å². The lowest BCUT2D eigenvalue weighted by atomic mass is 10.0. The molecule has 0 bridgehead atoms. The average molecular weight is 470 g/mol. The molecule has 2 aromatic carbocycles. The first-order valence-electron chi connectivity index (χ1n) is 11.5. The number of benzene rings is 2. The van der Waals surface area contributed by atoms with Crippen LogP contribution in [-0.2, 0) is 6.54 Å². The third kappa shape index (κ3) is 5.63.